The van der Waals surface area contributed by atoms with E-state index in [1.54, 1.807) is 12.2 Å². The van der Waals surface area contributed by atoms with Crippen molar-refractivity contribution in [3.63, 3.8) is 0 Å². The van der Waals surface area contributed by atoms with Crippen LogP contribution >= 0.6 is 63.7 Å². The van der Waals surface area contributed by atoms with Gasteiger partial charge in [0.05, 0.1) is 0 Å². The van der Waals surface area contributed by atoms with E-state index in [0.29, 0.717) is 5.76 Å². The molecule has 0 aromatic heterocycles. The second-order valence-corrected chi connectivity index (χ2v) is 8.08. The topological polar surface area (TPSA) is 35.5 Å². The first-order chi connectivity index (χ1) is 6.38. The number of alkyl halides is 3. The summed E-state index contributed by atoms with van der Waals surface area (Å²) in [5.74, 6) is 0.402. The highest BCUT2D eigenvalue weighted by molar-refractivity contribution is 9.27. The fourth-order valence-corrected chi connectivity index (χ4v) is 3.16. The third kappa shape index (κ3) is 1.36. The van der Waals surface area contributed by atoms with Gasteiger partial charge in [0, 0.05) is 4.48 Å². The minimum Gasteiger partial charge on any atom is -0.405 e. The molecule has 1 fully saturated rings. The first-order valence-corrected chi connectivity index (χ1v) is 6.61. The fraction of sp³-hybridized carbons (Fsp3) is 0.286. The number of fused-ring (bicyclic) bond motifs is 1. The van der Waals surface area contributed by atoms with Gasteiger partial charge in [-0.05, 0) is 28.1 Å². The lowest BCUT2D eigenvalue weighted by molar-refractivity contribution is 0.111. The number of rotatable bonds is 0. The minimum absolute atomic E-state index is 0.402. The van der Waals surface area contributed by atoms with E-state index in [-0.39, 0.29) is 0 Å². The molecule has 3 nitrogen and oxygen atoms in total. The minimum atomic E-state index is -1.05. The average Bonchev–Trinajstić information content (AvgIpc) is 2.37. The molecule has 0 aromatic rings. The molecule has 1 aliphatic heterocycles. The normalized spacial score (nSPS) is 33.9. The van der Waals surface area contributed by atoms with Crippen molar-refractivity contribution in [1.29, 1.82) is 0 Å². The number of allylic oxidation sites excluding steroid dienone is 2. The third-order valence-electron chi connectivity index (χ3n) is 1.82. The highest BCUT2D eigenvalue weighted by Crippen LogP contribution is 2.59. The highest BCUT2D eigenvalue weighted by Gasteiger charge is 2.61. The fourth-order valence-electron chi connectivity index (χ4n) is 1.11. The number of carbonyl (C=O) groups is 1. The average molecular weight is 454 g/mol. The number of ether oxygens (including phenoxy) is 2. The summed E-state index contributed by atoms with van der Waals surface area (Å²) >= 11 is 13.5. The number of hydrogen-bond donors (Lipinski definition) is 0. The summed E-state index contributed by atoms with van der Waals surface area (Å²) in [6.07, 6.45) is 2.69. The zero-order valence-electron chi connectivity index (χ0n) is 6.39. The lowest BCUT2D eigenvalue weighted by atomic mass is 10.1. The molecule has 2 aliphatic rings. The van der Waals surface area contributed by atoms with Gasteiger partial charge in [0.15, 0.2) is 8.99 Å². The maximum absolute atomic E-state index is 11.0. The van der Waals surface area contributed by atoms with Gasteiger partial charge in [-0.1, -0.05) is 47.8 Å². The standard InChI is InChI=1S/C7H2Br4O3/c8-3-1-2-4-7(11,6(3,9)10)14-5(12)13-4/h1-2H. The Morgan fingerprint density at radius 2 is 1.86 bits per heavy atom. The molecule has 0 N–H and O–H groups in total. The van der Waals surface area contributed by atoms with Crippen LogP contribution < -0.4 is 0 Å². The lowest BCUT2D eigenvalue weighted by Crippen LogP contribution is -2.42. The zero-order valence-corrected chi connectivity index (χ0v) is 12.7. The second kappa shape index (κ2) is 3.33. The summed E-state index contributed by atoms with van der Waals surface area (Å²) in [7, 11) is 0. The lowest BCUT2D eigenvalue weighted by Gasteiger charge is -2.34. The Balaban J connectivity index is 2.54. The molecule has 1 unspecified atom stereocenters. The summed E-state index contributed by atoms with van der Waals surface area (Å²) in [4.78, 5) is 11.0. The Bertz CT molecular complexity index is 373. The van der Waals surface area contributed by atoms with Crippen molar-refractivity contribution in [2.75, 3.05) is 0 Å². The van der Waals surface area contributed by atoms with Gasteiger partial charge in [-0.2, -0.15) is 0 Å². The highest BCUT2D eigenvalue weighted by atomic mass is 79.9. The molecule has 1 atom stereocenters. The first-order valence-electron chi connectivity index (χ1n) is 3.44. The van der Waals surface area contributed by atoms with Gasteiger partial charge in [-0.3, -0.25) is 0 Å². The molecular formula is C7H2Br4O3. The van der Waals surface area contributed by atoms with E-state index in [1.807, 2.05) is 0 Å². The smallest absolute Gasteiger partial charge is 0.405 e. The number of carbonyl (C=O) groups excluding carboxylic acids is 1. The van der Waals surface area contributed by atoms with Crippen molar-refractivity contribution in [1.82, 2.24) is 0 Å². The monoisotopic (exact) mass is 450 g/mol. The van der Waals surface area contributed by atoms with Crippen LogP contribution in [0, 0.1) is 0 Å². The van der Waals surface area contributed by atoms with Crippen LogP contribution in [-0.4, -0.2) is 13.9 Å². The molecule has 0 bridgehead atoms. The summed E-state index contributed by atoms with van der Waals surface area (Å²) in [6, 6.07) is 0. The molecule has 0 spiro atoms. The first kappa shape index (κ1) is 11.2. The van der Waals surface area contributed by atoms with Gasteiger partial charge in [-0.25, -0.2) is 4.79 Å². The Morgan fingerprint density at radius 1 is 1.21 bits per heavy atom. The summed E-state index contributed by atoms with van der Waals surface area (Å²) < 4.78 is 8.91. The van der Waals surface area contributed by atoms with Gasteiger partial charge < -0.3 is 9.47 Å². The van der Waals surface area contributed by atoms with Gasteiger partial charge in [-0.15, -0.1) is 0 Å². The summed E-state index contributed by atoms with van der Waals surface area (Å²) in [6.45, 7) is 0. The molecule has 0 aromatic carbocycles. The number of hydrogen-bond acceptors (Lipinski definition) is 3. The zero-order chi connectivity index (χ0) is 10.6. The largest absolute Gasteiger partial charge is 0.515 e. The van der Waals surface area contributed by atoms with Crippen molar-refractivity contribution >= 4 is 69.9 Å². The van der Waals surface area contributed by atoms with E-state index in [0.717, 1.165) is 4.48 Å². The summed E-state index contributed by atoms with van der Waals surface area (Å²) in [5.41, 5.74) is 0. The Morgan fingerprint density at radius 3 is 2.50 bits per heavy atom. The van der Waals surface area contributed by atoms with Crippen molar-refractivity contribution < 1.29 is 14.3 Å². The molecule has 1 saturated heterocycles. The van der Waals surface area contributed by atoms with Crippen LogP contribution in [0.5, 0.6) is 0 Å². The third-order valence-corrected chi connectivity index (χ3v) is 7.92. The van der Waals surface area contributed by atoms with Gasteiger partial charge >= 0.3 is 6.16 Å². The van der Waals surface area contributed by atoms with Gasteiger partial charge in [0.2, 0.25) is 0 Å². The van der Waals surface area contributed by atoms with Crippen LogP contribution in [0.1, 0.15) is 0 Å². The van der Waals surface area contributed by atoms with Crippen LogP contribution in [0.4, 0.5) is 4.79 Å². The van der Waals surface area contributed by atoms with E-state index in [9.17, 15) is 4.79 Å². The van der Waals surface area contributed by atoms with E-state index in [2.05, 4.69) is 63.7 Å². The molecule has 0 amide bonds. The van der Waals surface area contributed by atoms with Crippen LogP contribution in [0.3, 0.4) is 0 Å². The molecule has 0 saturated carbocycles. The Kier molecular flexibility index (Phi) is 2.66. The predicted octanol–water partition coefficient (Wildman–Crippen LogP) is 3.91. The Hall–Kier alpha value is 0.670. The van der Waals surface area contributed by atoms with Crippen LogP contribution in [0.15, 0.2) is 22.4 Å². The molecule has 2 rings (SSSR count). The second-order valence-electron chi connectivity index (χ2n) is 2.67. The molecule has 7 heteroatoms. The Labute approximate surface area is 113 Å². The molecule has 0 radical (unpaired) electrons. The van der Waals surface area contributed by atoms with Crippen molar-refractivity contribution in [3.8, 4) is 0 Å². The molecule has 1 heterocycles. The van der Waals surface area contributed by atoms with E-state index in [4.69, 9.17) is 9.47 Å². The van der Waals surface area contributed by atoms with Crippen molar-refractivity contribution in [2.45, 2.75) is 7.74 Å². The van der Waals surface area contributed by atoms with Crippen LogP contribution in [0.25, 0.3) is 0 Å². The van der Waals surface area contributed by atoms with Crippen LogP contribution in [0.2, 0.25) is 0 Å². The molecule has 76 valence electrons. The van der Waals surface area contributed by atoms with E-state index >= 15 is 0 Å². The predicted molar refractivity (Wildman–Crippen MR) is 64.9 cm³/mol. The van der Waals surface area contributed by atoms with Crippen molar-refractivity contribution in [2.24, 2.45) is 0 Å². The maximum atomic E-state index is 11.0. The SMILES string of the molecule is O=C1OC2=CC=C(Br)C(Br)(Br)C2(Br)O1. The molecular weight excluding hydrogens is 452 g/mol. The quantitative estimate of drug-likeness (QED) is 0.412. The molecule has 14 heavy (non-hydrogen) atoms. The maximum Gasteiger partial charge on any atom is 0.515 e. The molecule has 1 aliphatic carbocycles. The van der Waals surface area contributed by atoms with Crippen LogP contribution in [-0.2, 0) is 9.47 Å². The van der Waals surface area contributed by atoms with E-state index in [1.165, 1.54) is 0 Å². The number of halogens is 4. The van der Waals surface area contributed by atoms with E-state index < -0.39 is 13.9 Å². The van der Waals surface area contributed by atoms with Gasteiger partial charge in [0.25, 0.3) is 4.51 Å². The van der Waals surface area contributed by atoms with Crippen molar-refractivity contribution in [3.05, 3.63) is 22.4 Å². The van der Waals surface area contributed by atoms with Gasteiger partial charge in [0.1, 0.15) is 0 Å². The summed E-state index contributed by atoms with van der Waals surface area (Å²) in [5, 5.41) is 0.